The van der Waals surface area contributed by atoms with Crippen LogP contribution in [-0.4, -0.2) is 11.6 Å². The normalized spacial score (nSPS) is 10.0. The van der Waals surface area contributed by atoms with Crippen molar-refractivity contribution >= 4 is 12.0 Å². The van der Waals surface area contributed by atoms with E-state index in [9.17, 15) is 4.79 Å². The van der Waals surface area contributed by atoms with Crippen LogP contribution in [0.4, 0.5) is 0 Å². The van der Waals surface area contributed by atoms with E-state index in [0.29, 0.717) is 0 Å². The predicted molar refractivity (Wildman–Crippen MR) is 86.6 cm³/mol. The van der Waals surface area contributed by atoms with Crippen LogP contribution in [0.2, 0.25) is 0 Å². The van der Waals surface area contributed by atoms with E-state index in [-0.39, 0.29) is 11.6 Å². The fourth-order valence-electron chi connectivity index (χ4n) is 1.28. The molecule has 0 spiro atoms. The number of carbonyl (C=O) groups excluding carboxylic acids is 1. The summed E-state index contributed by atoms with van der Waals surface area (Å²) < 4.78 is 4.98. The van der Waals surface area contributed by atoms with Crippen LogP contribution in [0.3, 0.4) is 0 Å². The molecule has 0 N–H and O–H groups in total. The second-order valence-corrected chi connectivity index (χ2v) is 5.04. The molecule has 0 aliphatic heterocycles. The Kier molecular flexibility index (Phi) is 8.30. The molecule has 0 heterocycles. The molecule has 20 heavy (non-hydrogen) atoms. The first-order valence-corrected chi connectivity index (χ1v) is 6.95. The predicted octanol–water partition coefficient (Wildman–Crippen LogP) is 4.80. The number of benzene rings is 1. The zero-order chi connectivity index (χ0) is 15.6. The van der Waals surface area contributed by atoms with Crippen LogP contribution in [0.25, 0.3) is 6.08 Å². The third-order valence-electron chi connectivity index (χ3n) is 3.02. The van der Waals surface area contributed by atoms with E-state index in [1.54, 1.807) is 0 Å². The van der Waals surface area contributed by atoms with Gasteiger partial charge >= 0.3 is 5.97 Å². The molecule has 0 fully saturated rings. The highest BCUT2D eigenvalue weighted by Crippen LogP contribution is 2.13. The van der Waals surface area contributed by atoms with Gasteiger partial charge in [0.05, 0.1) is 0 Å². The van der Waals surface area contributed by atoms with Crippen LogP contribution >= 0.6 is 0 Å². The van der Waals surface area contributed by atoms with E-state index in [2.05, 4.69) is 44.3 Å². The molecule has 0 amide bonds. The Bertz CT molecular complexity index is 427. The molecule has 0 aliphatic carbocycles. The zero-order valence-corrected chi connectivity index (χ0v) is 13.1. The quantitative estimate of drug-likeness (QED) is 0.569. The van der Waals surface area contributed by atoms with Gasteiger partial charge in [0.1, 0.15) is 5.60 Å². The standard InChI is InChI=1S/C10H12.C8H14O2/c1-3-9-5-7-10(4-2)8-6-9;1-5-7(9)10-8(3,4)6-2/h3,5-8H,1,4H2,2H3;5H,1,6H2,2-4H3. The fourth-order valence-corrected chi connectivity index (χ4v) is 1.28. The minimum absolute atomic E-state index is 0.355. The molecule has 0 saturated carbocycles. The molecule has 1 aromatic rings. The summed E-state index contributed by atoms with van der Waals surface area (Å²) in [6, 6.07) is 8.45. The molecule has 1 aromatic carbocycles. The third kappa shape index (κ3) is 7.57. The lowest BCUT2D eigenvalue weighted by Crippen LogP contribution is -2.25. The Morgan fingerprint density at radius 3 is 2.10 bits per heavy atom. The summed E-state index contributed by atoms with van der Waals surface area (Å²) in [6.45, 7) is 14.9. The largest absolute Gasteiger partial charge is 0.457 e. The summed E-state index contributed by atoms with van der Waals surface area (Å²) >= 11 is 0. The molecular weight excluding hydrogens is 248 g/mol. The van der Waals surface area contributed by atoms with Gasteiger partial charge in [0.25, 0.3) is 0 Å². The van der Waals surface area contributed by atoms with Crippen LogP contribution in [-0.2, 0) is 16.0 Å². The molecule has 0 aliphatic rings. The molecule has 0 saturated heterocycles. The molecule has 110 valence electrons. The zero-order valence-electron chi connectivity index (χ0n) is 13.1. The number of esters is 1. The minimum atomic E-state index is -0.356. The molecule has 1 rings (SSSR count). The average molecular weight is 274 g/mol. The number of hydrogen-bond donors (Lipinski definition) is 0. The monoisotopic (exact) mass is 274 g/mol. The second-order valence-electron chi connectivity index (χ2n) is 5.04. The van der Waals surface area contributed by atoms with E-state index < -0.39 is 0 Å². The van der Waals surface area contributed by atoms with Crippen molar-refractivity contribution in [1.29, 1.82) is 0 Å². The molecule has 0 radical (unpaired) electrons. The molecule has 0 atom stereocenters. The highest BCUT2D eigenvalue weighted by atomic mass is 16.6. The van der Waals surface area contributed by atoms with Gasteiger partial charge in [-0.1, -0.05) is 57.3 Å². The van der Waals surface area contributed by atoms with Gasteiger partial charge in [-0.2, -0.15) is 0 Å². The summed E-state index contributed by atoms with van der Waals surface area (Å²) in [7, 11) is 0. The lowest BCUT2D eigenvalue weighted by molar-refractivity contribution is -0.150. The number of rotatable bonds is 5. The number of ether oxygens (including phenoxy) is 1. The molecule has 0 aromatic heterocycles. The van der Waals surface area contributed by atoms with Gasteiger partial charge in [-0.15, -0.1) is 0 Å². The van der Waals surface area contributed by atoms with Crippen molar-refractivity contribution in [3.63, 3.8) is 0 Å². The van der Waals surface area contributed by atoms with Crippen LogP contribution in [0.15, 0.2) is 43.5 Å². The van der Waals surface area contributed by atoms with E-state index >= 15 is 0 Å². The van der Waals surface area contributed by atoms with Crippen LogP contribution < -0.4 is 0 Å². The van der Waals surface area contributed by atoms with Crippen LogP contribution in [0, 0.1) is 0 Å². The maximum atomic E-state index is 10.6. The topological polar surface area (TPSA) is 26.3 Å². The Labute approximate surface area is 123 Å². The number of hydrogen-bond acceptors (Lipinski definition) is 2. The van der Waals surface area contributed by atoms with Crippen molar-refractivity contribution in [3.05, 3.63) is 54.6 Å². The Balaban J connectivity index is 0.000000361. The SMILES string of the molecule is C=CC(=O)OC(C)(C)CC.C=Cc1ccc(CC)cc1. The van der Waals surface area contributed by atoms with Crippen LogP contribution in [0.5, 0.6) is 0 Å². The number of carbonyl (C=O) groups is 1. The van der Waals surface area contributed by atoms with Crippen LogP contribution in [0.1, 0.15) is 45.2 Å². The summed E-state index contributed by atoms with van der Waals surface area (Å²) in [4.78, 5) is 10.6. The summed E-state index contributed by atoms with van der Waals surface area (Å²) in [5.41, 5.74) is 2.22. The van der Waals surface area contributed by atoms with E-state index in [4.69, 9.17) is 4.74 Å². The molecule has 0 bridgehead atoms. The van der Waals surface area contributed by atoms with E-state index in [1.807, 2.05) is 26.8 Å². The summed E-state index contributed by atoms with van der Waals surface area (Å²) in [6.07, 6.45) is 4.96. The van der Waals surface area contributed by atoms with E-state index in [1.165, 1.54) is 17.2 Å². The average Bonchev–Trinajstić information content (AvgIpc) is 2.47. The first-order valence-electron chi connectivity index (χ1n) is 6.95. The van der Waals surface area contributed by atoms with Gasteiger partial charge in [0.15, 0.2) is 0 Å². The lowest BCUT2D eigenvalue weighted by Gasteiger charge is -2.21. The van der Waals surface area contributed by atoms with Crippen molar-refractivity contribution < 1.29 is 9.53 Å². The molecule has 0 unspecified atom stereocenters. The summed E-state index contributed by atoms with van der Waals surface area (Å²) in [5.74, 6) is -0.355. The van der Waals surface area contributed by atoms with Crippen molar-refractivity contribution in [3.8, 4) is 0 Å². The Hall–Kier alpha value is -1.83. The highest BCUT2D eigenvalue weighted by molar-refractivity contribution is 5.81. The van der Waals surface area contributed by atoms with Gasteiger partial charge < -0.3 is 4.74 Å². The minimum Gasteiger partial charge on any atom is -0.457 e. The fraction of sp³-hybridized carbons (Fsp3) is 0.389. The Morgan fingerprint density at radius 1 is 1.20 bits per heavy atom. The number of aryl methyl sites for hydroxylation is 1. The third-order valence-corrected chi connectivity index (χ3v) is 3.02. The first kappa shape index (κ1) is 18.2. The first-order chi connectivity index (χ1) is 9.38. The van der Waals surface area contributed by atoms with Gasteiger partial charge in [-0.05, 0) is 37.8 Å². The van der Waals surface area contributed by atoms with Gasteiger partial charge in [0, 0.05) is 6.08 Å². The maximum absolute atomic E-state index is 10.6. The summed E-state index contributed by atoms with van der Waals surface area (Å²) in [5, 5.41) is 0. The van der Waals surface area contributed by atoms with Gasteiger partial charge in [-0.25, -0.2) is 4.79 Å². The molecule has 2 heteroatoms. The van der Waals surface area contributed by atoms with Crippen molar-refractivity contribution in [2.45, 2.75) is 46.1 Å². The second kappa shape index (κ2) is 9.13. The lowest BCUT2D eigenvalue weighted by atomic mass is 10.1. The maximum Gasteiger partial charge on any atom is 0.330 e. The molecular formula is C18H26O2. The molecule has 2 nitrogen and oxygen atoms in total. The Morgan fingerprint density at radius 2 is 1.75 bits per heavy atom. The van der Waals surface area contributed by atoms with Gasteiger partial charge in [0.2, 0.25) is 0 Å². The van der Waals surface area contributed by atoms with Crippen molar-refractivity contribution in [1.82, 2.24) is 0 Å². The van der Waals surface area contributed by atoms with Gasteiger partial charge in [-0.3, -0.25) is 0 Å². The van der Waals surface area contributed by atoms with Crippen molar-refractivity contribution in [2.24, 2.45) is 0 Å². The van der Waals surface area contributed by atoms with E-state index in [0.717, 1.165) is 12.8 Å². The highest BCUT2D eigenvalue weighted by Gasteiger charge is 2.17. The smallest absolute Gasteiger partial charge is 0.330 e. The van der Waals surface area contributed by atoms with Crippen molar-refractivity contribution in [2.75, 3.05) is 0 Å².